The molecule has 0 aromatic carbocycles. The molecular weight excluding hydrogens is 146 g/mol. The van der Waals surface area contributed by atoms with E-state index in [9.17, 15) is 4.79 Å². The van der Waals surface area contributed by atoms with E-state index < -0.39 is 0 Å². The van der Waals surface area contributed by atoms with E-state index in [1.54, 1.807) is 11.3 Å². The van der Waals surface area contributed by atoms with Gasteiger partial charge in [0.15, 0.2) is 0 Å². The Morgan fingerprint density at radius 3 is 3.00 bits per heavy atom. The average Bonchev–Trinajstić information content (AvgIpc) is 2.31. The molecule has 0 unspecified atom stereocenters. The van der Waals surface area contributed by atoms with E-state index in [2.05, 4.69) is 12.2 Å². The number of carbonyl (C=O) groups is 1. The van der Waals surface area contributed by atoms with Crippen LogP contribution in [0.1, 0.15) is 9.75 Å². The highest BCUT2D eigenvalue weighted by molar-refractivity contribution is 7.11. The van der Waals surface area contributed by atoms with Crippen molar-refractivity contribution in [3.8, 4) is 0 Å². The predicted molar refractivity (Wildman–Crippen MR) is 42.0 cm³/mol. The van der Waals surface area contributed by atoms with Crippen molar-refractivity contribution in [2.24, 2.45) is 0 Å². The summed E-state index contributed by atoms with van der Waals surface area (Å²) in [5.41, 5.74) is 0. The van der Waals surface area contributed by atoms with Gasteiger partial charge < -0.3 is 5.32 Å². The minimum absolute atomic E-state index is 0.655. The fraction of sp³-hybridized carbons (Fsp3) is 0.286. The van der Waals surface area contributed by atoms with Crippen LogP contribution in [-0.2, 0) is 11.3 Å². The largest absolute Gasteiger partial charge is 0.354 e. The molecule has 0 aliphatic heterocycles. The van der Waals surface area contributed by atoms with Crippen LogP contribution in [0, 0.1) is 6.92 Å². The number of rotatable bonds is 3. The van der Waals surface area contributed by atoms with E-state index in [0.29, 0.717) is 6.54 Å². The first-order valence-electron chi connectivity index (χ1n) is 3.05. The number of aryl methyl sites for hydroxylation is 1. The van der Waals surface area contributed by atoms with E-state index in [1.165, 1.54) is 9.75 Å². The number of carbonyl (C=O) groups excluding carboxylic acids is 1. The zero-order valence-corrected chi connectivity index (χ0v) is 6.57. The molecule has 0 radical (unpaired) electrons. The number of nitrogens with one attached hydrogen (secondary N) is 1. The third-order valence-corrected chi connectivity index (χ3v) is 2.16. The van der Waals surface area contributed by atoms with Gasteiger partial charge in [-0.1, -0.05) is 0 Å². The first-order valence-corrected chi connectivity index (χ1v) is 3.87. The highest BCUT2D eigenvalue weighted by Crippen LogP contribution is 2.13. The molecule has 1 amide bonds. The lowest BCUT2D eigenvalue weighted by Gasteiger charge is -1.90. The summed E-state index contributed by atoms with van der Waals surface area (Å²) >= 11 is 1.71. The summed E-state index contributed by atoms with van der Waals surface area (Å²) in [6.45, 7) is 2.71. The lowest BCUT2D eigenvalue weighted by atomic mass is 10.4. The predicted octanol–water partition coefficient (Wildman–Crippen LogP) is 1.30. The van der Waals surface area contributed by atoms with Crippen LogP contribution in [0.5, 0.6) is 0 Å². The number of hydrogen-bond donors (Lipinski definition) is 1. The zero-order chi connectivity index (χ0) is 7.40. The fourth-order valence-corrected chi connectivity index (χ4v) is 1.56. The van der Waals surface area contributed by atoms with Crippen molar-refractivity contribution in [3.05, 3.63) is 21.9 Å². The summed E-state index contributed by atoms with van der Waals surface area (Å²) in [6, 6.07) is 4.07. The highest BCUT2D eigenvalue weighted by atomic mass is 32.1. The quantitative estimate of drug-likeness (QED) is 0.655. The molecule has 1 N–H and O–H groups in total. The Balaban J connectivity index is 2.49. The summed E-state index contributed by atoms with van der Waals surface area (Å²) < 4.78 is 0. The number of thiophene rings is 1. The molecule has 0 bridgehead atoms. The Morgan fingerprint density at radius 1 is 1.70 bits per heavy atom. The second-order valence-corrected chi connectivity index (χ2v) is 3.38. The topological polar surface area (TPSA) is 29.1 Å². The maximum atomic E-state index is 9.88. The van der Waals surface area contributed by atoms with Crippen LogP contribution in [0.15, 0.2) is 12.1 Å². The van der Waals surface area contributed by atoms with Crippen molar-refractivity contribution in [2.75, 3.05) is 0 Å². The molecule has 0 atom stereocenters. The molecule has 10 heavy (non-hydrogen) atoms. The van der Waals surface area contributed by atoms with Crippen LogP contribution in [0.3, 0.4) is 0 Å². The first-order chi connectivity index (χ1) is 4.83. The van der Waals surface area contributed by atoms with Gasteiger partial charge in [-0.3, -0.25) is 4.79 Å². The van der Waals surface area contributed by atoms with Crippen molar-refractivity contribution >= 4 is 17.7 Å². The summed E-state index contributed by atoms with van der Waals surface area (Å²) in [5, 5.41) is 2.61. The maximum Gasteiger partial charge on any atom is 0.207 e. The normalized spacial score (nSPS) is 9.30. The summed E-state index contributed by atoms with van der Waals surface area (Å²) in [7, 11) is 0. The van der Waals surface area contributed by atoms with Crippen molar-refractivity contribution in [1.29, 1.82) is 0 Å². The lowest BCUT2D eigenvalue weighted by Crippen LogP contribution is -2.07. The van der Waals surface area contributed by atoms with Crippen LogP contribution >= 0.6 is 11.3 Å². The second kappa shape index (κ2) is 3.37. The molecule has 0 saturated heterocycles. The van der Waals surface area contributed by atoms with Crippen molar-refractivity contribution < 1.29 is 4.79 Å². The Bertz CT molecular complexity index is 219. The highest BCUT2D eigenvalue weighted by Gasteiger charge is 1.93. The molecule has 0 aliphatic rings. The summed E-state index contributed by atoms with van der Waals surface area (Å²) in [4.78, 5) is 12.4. The molecule has 0 aliphatic carbocycles. The summed E-state index contributed by atoms with van der Waals surface area (Å²) in [6.07, 6.45) is 0.717. The molecule has 3 heteroatoms. The monoisotopic (exact) mass is 155 g/mol. The van der Waals surface area contributed by atoms with Crippen molar-refractivity contribution in [3.63, 3.8) is 0 Å². The standard InChI is InChI=1S/C7H9NOS/c1-6-2-3-7(10-6)4-8-5-9/h2-3,5H,4H2,1H3,(H,8,9). The van der Waals surface area contributed by atoms with Gasteiger partial charge in [-0.25, -0.2) is 0 Å². The van der Waals surface area contributed by atoms with E-state index >= 15 is 0 Å². The Kier molecular flexibility index (Phi) is 2.45. The second-order valence-electron chi connectivity index (χ2n) is 2.01. The SMILES string of the molecule is Cc1ccc(CNC=O)s1. The molecular formula is C7H9NOS. The first kappa shape index (κ1) is 7.28. The van der Waals surface area contributed by atoms with Crippen molar-refractivity contribution in [2.45, 2.75) is 13.5 Å². The zero-order valence-electron chi connectivity index (χ0n) is 5.76. The Morgan fingerprint density at radius 2 is 2.50 bits per heavy atom. The van der Waals surface area contributed by atoms with Gasteiger partial charge in [-0.15, -0.1) is 11.3 Å². The van der Waals surface area contributed by atoms with Crippen LogP contribution in [-0.4, -0.2) is 6.41 Å². The van der Waals surface area contributed by atoms with Gasteiger partial charge >= 0.3 is 0 Å². The van der Waals surface area contributed by atoms with E-state index in [0.717, 1.165) is 6.41 Å². The van der Waals surface area contributed by atoms with Gasteiger partial charge in [0.1, 0.15) is 0 Å². The van der Waals surface area contributed by atoms with Gasteiger partial charge in [0.05, 0.1) is 6.54 Å². The fourth-order valence-electron chi connectivity index (χ4n) is 0.722. The van der Waals surface area contributed by atoms with Crippen LogP contribution in [0.2, 0.25) is 0 Å². The van der Waals surface area contributed by atoms with Crippen LogP contribution in [0.4, 0.5) is 0 Å². The minimum Gasteiger partial charge on any atom is -0.354 e. The molecule has 1 aromatic heterocycles. The molecule has 0 spiro atoms. The lowest BCUT2D eigenvalue weighted by molar-refractivity contribution is -0.109. The summed E-state index contributed by atoms with van der Waals surface area (Å²) in [5.74, 6) is 0. The van der Waals surface area contributed by atoms with Crippen molar-refractivity contribution in [1.82, 2.24) is 5.32 Å². The van der Waals surface area contributed by atoms with E-state index in [1.807, 2.05) is 12.1 Å². The smallest absolute Gasteiger partial charge is 0.207 e. The van der Waals surface area contributed by atoms with Gasteiger partial charge in [-0.2, -0.15) is 0 Å². The molecule has 1 heterocycles. The van der Waals surface area contributed by atoms with Crippen LogP contribution < -0.4 is 5.32 Å². The molecule has 1 aromatic rings. The molecule has 2 nitrogen and oxygen atoms in total. The average molecular weight is 155 g/mol. The Labute approximate surface area is 63.9 Å². The third kappa shape index (κ3) is 1.84. The third-order valence-electron chi connectivity index (χ3n) is 1.16. The van der Waals surface area contributed by atoms with E-state index in [-0.39, 0.29) is 0 Å². The van der Waals surface area contributed by atoms with Gasteiger partial charge in [-0.05, 0) is 19.1 Å². The minimum atomic E-state index is 0.655. The van der Waals surface area contributed by atoms with Gasteiger partial charge in [0.25, 0.3) is 0 Å². The maximum absolute atomic E-state index is 9.88. The Hall–Kier alpha value is -0.830. The molecule has 0 fully saturated rings. The van der Waals surface area contributed by atoms with Gasteiger partial charge in [0.2, 0.25) is 6.41 Å². The molecule has 54 valence electrons. The number of amides is 1. The van der Waals surface area contributed by atoms with Gasteiger partial charge in [0, 0.05) is 9.75 Å². The van der Waals surface area contributed by atoms with Crippen LogP contribution in [0.25, 0.3) is 0 Å². The molecule has 0 saturated carbocycles. The van der Waals surface area contributed by atoms with E-state index in [4.69, 9.17) is 0 Å². The molecule has 1 rings (SSSR count). The number of hydrogen-bond acceptors (Lipinski definition) is 2.